The molecule has 2 aromatic carbocycles. The number of hydrogen-bond acceptors (Lipinski definition) is 3. The van der Waals surface area contributed by atoms with E-state index in [1.807, 2.05) is 18.2 Å². The molecule has 0 spiro atoms. The summed E-state index contributed by atoms with van der Waals surface area (Å²) in [5, 5.41) is 21.2. The molecule has 1 saturated heterocycles. The highest BCUT2D eigenvalue weighted by Gasteiger charge is 2.50. The minimum atomic E-state index is -0.361. The first-order valence-corrected chi connectivity index (χ1v) is 10.1. The third kappa shape index (κ3) is 3.67. The summed E-state index contributed by atoms with van der Waals surface area (Å²) in [6.45, 7) is 2.00. The Labute approximate surface area is 162 Å². The van der Waals surface area contributed by atoms with Crippen LogP contribution in [0, 0.1) is 0 Å². The molecule has 2 bridgehead atoms. The average molecular weight is 364 g/mol. The second kappa shape index (κ2) is 7.87. The summed E-state index contributed by atoms with van der Waals surface area (Å²) in [5.74, 6) is 0.296. The van der Waals surface area contributed by atoms with Crippen LogP contribution < -0.4 is 0 Å². The van der Waals surface area contributed by atoms with Crippen molar-refractivity contribution in [2.24, 2.45) is 0 Å². The van der Waals surface area contributed by atoms with Crippen molar-refractivity contribution in [3.05, 3.63) is 71.8 Å². The average Bonchev–Trinajstić information content (AvgIpc) is 2.68. The van der Waals surface area contributed by atoms with E-state index in [1.54, 1.807) is 6.07 Å². The molecule has 3 atom stereocenters. The molecule has 1 aliphatic heterocycles. The Morgan fingerprint density at radius 2 is 1.93 bits per heavy atom. The number of benzene rings is 2. The van der Waals surface area contributed by atoms with Crippen LogP contribution in [-0.4, -0.2) is 40.3 Å². The molecular formula is C24H29NO2. The number of nitrogens with zero attached hydrogens (tertiary/aromatic N) is 1. The van der Waals surface area contributed by atoms with Gasteiger partial charge in [0.1, 0.15) is 5.75 Å². The molecule has 1 aliphatic carbocycles. The molecule has 0 aromatic heterocycles. The zero-order chi connectivity index (χ0) is 18.7. The Kier molecular flexibility index (Phi) is 5.33. The molecule has 142 valence electrons. The summed E-state index contributed by atoms with van der Waals surface area (Å²) >= 11 is 0. The molecule has 1 heterocycles. The lowest BCUT2D eigenvalue weighted by molar-refractivity contribution is -0.0759. The number of aromatic hydroxyl groups is 1. The molecule has 2 fully saturated rings. The highest BCUT2D eigenvalue weighted by molar-refractivity contribution is 5.48. The van der Waals surface area contributed by atoms with Gasteiger partial charge in [0.15, 0.2) is 0 Å². The molecule has 0 unspecified atom stereocenters. The van der Waals surface area contributed by atoms with Crippen molar-refractivity contribution >= 4 is 6.08 Å². The van der Waals surface area contributed by atoms with Gasteiger partial charge >= 0.3 is 0 Å². The van der Waals surface area contributed by atoms with E-state index in [9.17, 15) is 10.2 Å². The van der Waals surface area contributed by atoms with Gasteiger partial charge in [-0.1, -0.05) is 61.0 Å². The van der Waals surface area contributed by atoms with E-state index in [0.717, 1.165) is 50.8 Å². The van der Waals surface area contributed by atoms with Gasteiger partial charge in [-0.3, -0.25) is 4.90 Å². The van der Waals surface area contributed by atoms with E-state index in [1.165, 1.54) is 5.56 Å². The van der Waals surface area contributed by atoms with Gasteiger partial charge < -0.3 is 10.2 Å². The lowest BCUT2D eigenvalue weighted by Crippen LogP contribution is -2.62. The quantitative estimate of drug-likeness (QED) is 0.830. The van der Waals surface area contributed by atoms with Crippen molar-refractivity contribution in [3.8, 4) is 5.75 Å². The number of fused-ring (bicyclic) bond motifs is 2. The number of likely N-dealkylation sites (tertiary alicyclic amines) is 1. The Morgan fingerprint density at radius 1 is 1.07 bits per heavy atom. The summed E-state index contributed by atoms with van der Waals surface area (Å²) in [4.78, 5) is 2.47. The van der Waals surface area contributed by atoms with Crippen molar-refractivity contribution in [1.82, 2.24) is 4.90 Å². The van der Waals surface area contributed by atoms with Crippen molar-refractivity contribution in [3.63, 3.8) is 0 Å². The topological polar surface area (TPSA) is 43.7 Å². The number of phenolic OH excluding ortho intramolecular Hbond substituents is 1. The predicted molar refractivity (Wildman–Crippen MR) is 110 cm³/mol. The number of aliphatic hydroxyl groups is 1. The number of rotatable bonds is 5. The fraction of sp³-hybridized carbons (Fsp3) is 0.417. The Bertz CT molecular complexity index is 788. The fourth-order valence-corrected chi connectivity index (χ4v) is 5.04. The summed E-state index contributed by atoms with van der Waals surface area (Å²) < 4.78 is 0. The maximum absolute atomic E-state index is 11.2. The smallest absolute Gasteiger partial charge is 0.115 e. The monoisotopic (exact) mass is 363 g/mol. The summed E-state index contributed by atoms with van der Waals surface area (Å²) in [7, 11) is 0. The standard InChI is InChI=1S/C24H29NO2/c26-21-12-6-11-20(18-21)24-14-7-13-22(23(24)27)25(17-15-24)16-5-4-10-19-8-2-1-3-9-19/h1-4,6,8-12,18,22-23,26-27H,5,7,13-17H2/b10-4+/t22-,23-,24-/m0/s1. The molecule has 2 aliphatic rings. The molecule has 0 amide bonds. The van der Waals surface area contributed by atoms with Gasteiger partial charge in [-0.2, -0.15) is 0 Å². The van der Waals surface area contributed by atoms with Crippen LogP contribution in [0.5, 0.6) is 5.75 Å². The number of phenols is 1. The van der Waals surface area contributed by atoms with Crippen LogP contribution in [0.15, 0.2) is 60.7 Å². The third-order valence-corrected chi connectivity index (χ3v) is 6.48. The van der Waals surface area contributed by atoms with E-state index in [0.29, 0.717) is 5.75 Å². The lowest BCUT2D eigenvalue weighted by atomic mass is 9.61. The van der Waals surface area contributed by atoms with Crippen molar-refractivity contribution in [2.75, 3.05) is 13.1 Å². The largest absolute Gasteiger partial charge is 0.508 e. The summed E-state index contributed by atoms with van der Waals surface area (Å²) in [6, 6.07) is 18.1. The van der Waals surface area contributed by atoms with Gasteiger partial charge in [0, 0.05) is 18.0 Å². The molecule has 3 heteroatoms. The Hall–Kier alpha value is -2.10. The van der Waals surface area contributed by atoms with E-state index in [-0.39, 0.29) is 17.6 Å². The fourth-order valence-electron chi connectivity index (χ4n) is 5.04. The Balaban J connectivity index is 1.43. The first kappa shape index (κ1) is 18.3. The normalized spacial score (nSPS) is 28.5. The van der Waals surface area contributed by atoms with Gasteiger partial charge in [0.2, 0.25) is 0 Å². The Morgan fingerprint density at radius 3 is 2.74 bits per heavy atom. The van der Waals surface area contributed by atoms with Crippen LogP contribution >= 0.6 is 0 Å². The SMILES string of the molecule is Oc1cccc([C@@]23CCC[C@@H]([C@@H]2O)N(CC/C=C/c2ccccc2)CC3)c1. The van der Waals surface area contributed by atoms with E-state index < -0.39 is 0 Å². The molecular weight excluding hydrogens is 334 g/mol. The highest BCUT2D eigenvalue weighted by atomic mass is 16.3. The molecule has 1 saturated carbocycles. The first-order chi connectivity index (χ1) is 13.2. The van der Waals surface area contributed by atoms with Gasteiger partial charge in [-0.25, -0.2) is 0 Å². The molecule has 2 aromatic rings. The maximum atomic E-state index is 11.2. The number of hydrogen-bond donors (Lipinski definition) is 2. The van der Waals surface area contributed by atoms with Gasteiger partial charge in [0.25, 0.3) is 0 Å². The van der Waals surface area contributed by atoms with Gasteiger partial charge in [0.05, 0.1) is 6.10 Å². The zero-order valence-corrected chi connectivity index (χ0v) is 15.8. The van der Waals surface area contributed by atoms with Crippen LogP contribution in [0.25, 0.3) is 6.08 Å². The van der Waals surface area contributed by atoms with Crippen LogP contribution in [0.4, 0.5) is 0 Å². The number of piperidine rings is 1. The minimum Gasteiger partial charge on any atom is -0.508 e. The number of aliphatic hydroxyl groups excluding tert-OH is 1. The van der Waals surface area contributed by atoms with Crippen LogP contribution in [0.1, 0.15) is 43.2 Å². The molecule has 4 rings (SSSR count). The lowest BCUT2D eigenvalue weighted by Gasteiger charge is -2.54. The second-order valence-corrected chi connectivity index (χ2v) is 8.00. The van der Waals surface area contributed by atoms with Gasteiger partial charge in [-0.15, -0.1) is 0 Å². The van der Waals surface area contributed by atoms with Crippen molar-refractivity contribution in [1.29, 1.82) is 0 Å². The van der Waals surface area contributed by atoms with Crippen LogP contribution in [0.2, 0.25) is 0 Å². The van der Waals surface area contributed by atoms with E-state index in [4.69, 9.17) is 0 Å². The van der Waals surface area contributed by atoms with Gasteiger partial charge in [-0.05, 0) is 55.5 Å². The second-order valence-electron chi connectivity index (χ2n) is 8.00. The van der Waals surface area contributed by atoms with Crippen molar-refractivity contribution in [2.45, 2.75) is 49.7 Å². The molecule has 2 N–H and O–H groups in total. The summed E-state index contributed by atoms with van der Waals surface area (Å²) in [6.07, 6.45) is 9.21. The van der Waals surface area contributed by atoms with Crippen molar-refractivity contribution < 1.29 is 10.2 Å². The third-order valence-electron chi connectivity index (χ3n) is 6.48. The van der Waals surface area contributed by atoms with Crippen LogP contribution in [0.3, 0.4) is 0 Å². The zero-order valence-electron chi connectivity index (χ0n) is 15.8. The van der Waals surface area contributed by atoms with E-state index in [2.05, 4.69) is 47.4 Å². The van der Waals surface area contributed by atoms with E-state index >= 15 is 0 Å². The molecule has 3 nitrogen and oxygen atoms in total. The first-order valence-electron chi connectivity index (χ1n) is 10.1. The summed E-state index contributed by atoms with van der Waals surface area (Å²) in [5.41, 5.74) is 2.14. The van der Waals surface area contributed by atoms with Crippen LogP contribution in [-0.2, 0) is 5.41 Å². The highest BCUT2D eigenvalue weighted by Crippen LogP contribution is 2.47. The predicted octanol–water partition coefficient (Wildman–Crippen LogP) is 4.35. The maximum Gasteiger partial charge on any atom is 0.115 e. The minimum absolute atomic E-state index is 0.196. The molecule has 27 heavy (non-hydrogen) atoms. The molecule has 0 radical (unpaired) electrons.